The van der Waals surface area contributed by atoms with Crippen molar-refractivity contribution in [3.8, 4) is 0 Å². The van der Waals surface area contributed by atoms with Crippen LogP contribution in [0.25, 0.3) is 0 Å². The molecule has 36 heavy (non-hydrogen) atoms. The number of anilines is 2. The highest BCUT2D eigenvalue weighted by molar-refractivity contribution is 8.00. The maximum atomic E-state index is 13.7. The average molecular weight is 522 g/mol. The van der Waals surface area contributed by atoms with E-state index in [-0.39, 0.29) is 28.6 Å². The largest absolute Gasteiger partial charge is 0.478 e. The van der Waals surface area contributed by atoms with E-state index >= 15 is 0 Å². The minimum Gasteiger partial charge on any atom is -0.478 e. The topological polar surface area (TPSA) is 133 Å². The average Bonchev–Trinajstić information content (AvgIpc) is 2.84. The Morgan fingerprint density at radius 3 is 1.92 bits per heavy atom. The van der Waals surface area contributed by atoms with Crippen LogP contribution in [0.15, 0.2) is 53.4 Å². The number of carbonyl (C=O) groups is 4. The van der Waals surface area contributed by atoms with Gasteiger partial charge in [-0.3, -0.25) is 9.59 Å². The van der Waals surface area contributed by atoms with Gasteiger partial charge < -0.3 is 20.8 Å². The van der Waals surface area contributed by atoms with Crippen molar-refractivity contribution in [2.24, 2.45) is 0 Å². The Morgan fingerprint density at radius 2 is 1.36 bits per heavy atom. The number of thioether (sulfide) groups is 1. The van der Waals surface area contributed by atoms with Gasteiger partial charge >= 0.3 is 11.9 Å². The van der Waals surface area contributed by atoms with E-state index in [1.165, 1.54) is 24.3 Å². The van der Waals surface area contributed by atoms with Gasteiger partial charge in [0.05, 0.1) is 22.4 Å². The second-order valence-electron chi connectivity index (χ2n) is 7.03. The Balaban J connectivity index is 1.63. The first-order chi connectivity index (χ1) is 17.0. The minimum atomic E-state index is -1.74. The van der Waals surface area contributed by atoms with Crippen LogP contribution >= 0.6 is 11.8 Å². The number of aromatic carboxylic acids is 2. The fraction of sp³-hybridized carbons (Fsp3) is 0.0435. The summed E-state index contributed by atoms with van der Waals surface area (Å²) in [6.07, 6.45) is 0. The maximum Gasteiger partial charge on any atom is 0.336 e. The van der Waals surface area contributed by atoms with Gasteiger partial charge in [-0.1, -0.05) is 0 Å². The van der Waals surface area contributed by atoms with Gasteiger partial charge in [0.15, 0.2) is 23.3 Å². The molecule has 0 unspecified atom stereocenters. The lowest BCUT2D eigenvalue weighted by Gasteiger charge is -2.10. The molecule has 13 heteroatoms. The fourth-order valence-corrected chi connectivity index (χ4v) is 3.59. The Morgan fingerprint density at radius 1 is 0.750 bits per heavy atom. The van der Waals surface area contributed by atoms with Crippen LogP contribution in [-0.4, -0.2) is 39.7 Å². The minimum absolute atomic E-state index is 0.0168. The Kier molecular flexibility index (Phi) is 7.94. The van der Waals surface area contributed by atoms with E-state index in [4.69, 9.17) is 5.11 Å². The summed E-state index contributed by atoms with van der Waals surface area (Å²) in [5, 5.41) is 22.5. The van der Waals surface area contributed by atoms with Crippen LogP contribution in [0, 0.1) is 23.3 Å². The monoisotopic (exact) mass is 522 g/mol. The van der Waals surface area contributed by atoms with Crippen LogP contribution in [0.4, 0.5) is 28.9 Å². The molecule has 0 saturated heterocycles. The standard InChI is InChI=1S/C23H14F4N2O6S/c24-15-8-16(25)19(27)20(18(15)26)29-17(30)9-36-12-4-2-11(3-5-12)28-21(31)13-6-1-10(22(32)33)7-14(13)23(34)35/h1-8H,9H2,(H,28,31)(H,29,30)(H,32,33)(H,34,35). The van der Waals surface area contributed by atoms with Gasteiger partial charge in [-0.15, -0.1) is 11.8 Å². The van der Waals surface area contributed by atoms with Crippen molar-refractivity contribution >= 4 is 46.9 Å². The molecule has 0 radical (unpaired) electrons. The third kappa shape index (κ3) is 5.99. The van der Waals surface area contributed by atoms with Gasteiger partial charge in [0, 0.05) is 16.6 Å². The van der Waals surface area contributed by atoms with Crippen molar-refractivity contribution in [2.75, 3.05) is 16.4 Å². The maximum absolute atomic E-state index is 13.7. The third-order valence-corrected chi connectivity index (χ3v) is 5.61. The molecule has 4 N–H and O–H groups in total. The lowest BCUT2D eigenvalue weighted by molar-refractivity contribution is -0.113. The smallest absolute Gasteiger partial charge is 0.336 e. The van der Waals surface area contributed by atoms with Crippen LogP contribution < -0.4 is 10.6 Å². The number of halogens is 4. The normalized spacial score (nSPS) is 10.6. The molecule has 0 aliphatic rings. The number of benzene rings is 3. The molecule has 0 aromatic heterocycles. The van der Waals surface area contributed by atoms with Crippen LogP contribution in [0.5, 0.6) is 0 Å². The Labute approximate surface area is 203 Å². The highest BCUT2D eigenvalue weighted by Gasteiger charge is 2.21. The summed E-state index contributed by atoms with van der Waals surface area (Å²) in [6.45, 7) is 0. The van der Waals surface area contributed by atoms with Crippen LogP contribution in [0.1, 0.15) is 31.1 Å². The highest BCUT2D eigenvalue weighted by atomic mass is 32.2. The van der Waals surface area contributed by atoms with E-state index in [2.05, 4.69) is 5.32 Å². The predicted octanol–water partition coefficient (Wildman–Crippen LogP) is 4.62. The zero-order valence-corrected chi connectivity index (χ0v) is 18.6. The van der Waals surface area contributed by atoms with Crippen molar-refractivity contribution in [1.29, 1.82) is 0 Å². The second kappa shape index (κ2) is 10.9. The summed E-state index contributed by atoms with van der Waals surface area (Å²) in [5.41, 5.74) is -2.07. The van der Waals surface area contributed by atoms with Crippen molar-refractivity contribution in [1.82, 2.24) is 0 Å². The molecule has 2 amide bonds. The molecule has 0 aliphatic carbocycles. The zero-order valence-electron chi connectivity index (χ0n) is 17.8. The van der Waals surface area contributed by atoms with E-state index < -0.39 is 58.3 Å². The first kappa shape index (κ1) is 26.2. The van der Waals surface area contributed by atoms with Gasteiger partial charge in [0.1, 0.15) is 5.69 Å². The van der Waals surface area contributed by atoms with Gasteiger partial charge in [0.2, 0.25) is 5.91 Å². The number of carbonyl (C=O) groups excluding carboxylic acids is 2. The van der Waals surface area contributed by atoms with Crippen molar-refractivity contribution in [3.63, 3.8) is 0 Å². The molecule has 8 nitrogen and oxygen atoms in total. The molecule has 0 bridgehead atoms. The number of rotatable bonds is 8. The van der Waals surface area contributed by atoms with Gasteiger partial charge in [-0.2, -0.15) is 0 Å². The quantitative estimate of drug-likeness (QED) is 0.193. The summed E-state index contributed by atoms with van der Waals surface area (Å²) < 4.78 is 53.8. The van der Waals surface area contributed by atoms with E-state index in [9.17, 15) is 41.8 Å². The molecule has 0 fully saturated rings. The van der Waals surface area contributed by atoms with Crippen molar-refractivity contribution in [2.45, 2.75) is 4.90 Å². The SMILES string of the molecule is O=C(CSc1ccc(NC(=O)c2ccc(C(=O)O)cc2C(=O)O)cc1)Nc1c(F)c(F)cc(F)c1F. The Bertz CT molecular complexity index is 1360. The first-order valence-corrected chi connectivity index (χ1v) is 10.7. The van der Waals surface area contributed by atoms with Crippen molar-refractivity contribution in [3.05, 3.63) is 88.5 Å². The summed E-state index contributed by atoms with van der Waals surface area (Å²) in [7, 11) is 0. The molecule has 0 saturated carbocycles. The molecule has 0 heterocycles. The van der Waals surface area contributed by atoms with Crippen LogP contribution in [0.3, 0.4) is 0 Å². The number of amides is 2. The highest BCUT2D eigenvalue weighted by Crippen LogP contribution is 2.26. The number of hydrogen-bond donors (Lipinski definition) is 4. The molecular formula is C23H14F4N2O6S. The van der Waals surface area contributed by atoms with Crippen LogP contribution in [-0.2, 0) is 4.79 Å². The lowest BCUT2D eigenvalue weighted by Crippen LogP contribution is -2.17. The summed E-state index contributed by atoms with van der Waals surface area (Å²) in [5.74, 6) is -11.8. The predicted molar refractivity (Wildman–Crippen MR) is 120 cm³/mol. The van der Waals surface area contributed by atoms with E-state index in [0.29, 0.717) is 4.90 Å². The number of nitrogens with one attached hydrogen (secondary N) is 2. The summed E-state index contributed by atoms with van der Waals surface area (Å²) in [6, 6.07) is 8.83. The van der Waals surface area contributed by atoms with Gasteiger partial charge in [-0.25, -0.2) is 27.2 Å². The second-order valence-corrected chi connectivity index (χ2v) is 8.08. The van der Waals surface area contributed by atoms with Gasteiger partial charge in [-0.05, 0) is 42.5 Å². The number of carboxylic acids is 2. The molecular weight excluding hydrogens is 508 g/mol. The van der Waals surface area contributed by atoms with Crippen LogP contribution in [0.2, 0.25) is 0 Å². The summed E-state index contributed by atoms with van der Waals surface area (Å²) in [4.78, 5) is 47.4. The molecule has 0 atom stereocenters. The van der Waals surface area contributed by atoms with Crippen molar-refractivity contribution < 1.29 is 47.0 Å². The van der Waals surface area contributed by atoms with E-state index in [0.717, 1.165) is 30.0 Å². The molecule has 3 rings (SSSR count). The molecule has 186 valence electrons. The molecule has 3 aromatic carbocycles. The molecule has 0 aliphatic heterocycles. The van der Waals surface area contributed by atoms with Gasteiger partial charge in [0.25, 0.3) is 5.91 Å². The third-order valence-electron chi connectivity index (χ3n) is 4.60. The number of carboxylic acid groups (broad SMARTS) is 2. The van der Waals surface area contributed by atoms with E-state index in [1.807, 2.05) is 0 Å². The molecule has 0 spiro atoms. The summed E-state index contributed by atoms with van der Waals surface area (Å²) >= 11 is 0.912. The van der Waals surface area contributed by atoms with E-state index in [1.54, 1.807) is 5.32 Å². The lowest BCUT2D eigenvalue weighted by atomic mass is 10.0. The number of hydrogen-bond acceptors (Lipinski definition) is 5. The zero-order chi connectivity index (χ0) is 26.6. The first-order valence-electron chi connectivity index (χ1n) is 9.75. The Hall–Kier alpha value is -4.39. The molecule has 3 aromatic rings. The fourth-order valence-electron chi connectivity index (χ4n) is 2.89.